The number of benzene rings is 1. The van der Waals surface area contributed by atoms with E-state index in [1.54, 1.807) is 0 Å². The third-order valence-electron chi connectivity index (χ3n) is 4.38. The van der Waals surface area contributed by atoms with E-state index in [1.807, 2.05) is 12.3 Å². The molecular formula is C19H19N3. The summed E-state index contributed by atoms with van der Waals surface area (Å²) in [5, 5.41) is 4.63. The van der Waals surface area contributed by atoms with Crippen LogP contribution in [0.4, 0.5) is 0 Å². The fourth-order valence-electron chi connectivity index (χ4n) is 3.18. The molecule has 3 aromatic rings. The number of aromatic nitrogens is 2. The van der Waals surface area contributed by atoms with Crippen molar-refractivity contribution in [1.29, 1.82) is 0 Å². The molecule has 22 heavy (non-hydrogen) atoms. The molecule has 110 valence electrons. The van der Waals surface area contributed by atoms with E-state index in [9.17, 15) is 0 Å². The lowest BCUT2D eigenvalue weighted by atomic mass is 9.95. The predicted molar refractivity (Wildman–Crippen MR) is 89.8 cm³/mol. The van der Waals surface area contributed by atoms with Crippen LogP contribution < -0.4 is 5.32 Å². The molecule has 3 heteroatoms. The van der Waals surface area contributed by atoms with Gasteiger partial charge in [0, 0.05) is 35.3 Å². The van der Waals surface area contributed by atoms with Crippen LogP contribution in [0.3, 0.4) is 0 Å². The molecule has 1 unspecified atom stereocenters. The summed E-state index contributed by atoms with van der Waals surface area (Å²) in [4.78, 5) is 9.29. The zero-order valence-corrected chi connectivity index (χ0v) is 12.5. The number of fused-ring (bicyclic) bond motifs is 1. The van der Waals surface area contributed by atoms with Crippen LogP contribution in [0, 0.1) is 0 Å². The van der Waals surface area contributed by atoms with Crippen molar-refractivity contribution in [2.75, 3.05) is 13.1 Å². The second kappa shape index (κ2) is 5.85. The minimum atomic E-state index is 0.538. The van der Waals surface area contributed by atoms with Crippen molar-refractivity contribution in [2.45, 2.75) is 18.8 Å². The van der Waals surface area contributed by atoms with Crippen LogP contribution in [0.5, 0.6) is 0 Å². The van der Waals surface area contributed by atoms with Gasteiger partial charge in [0.25, 0.3) is 0 Å². The van der Waals surface area contributed by atoms with E-state index >= 15 is 0 Å². The van der Waals surface area contributed by atoms with E-state index < -0.39 is 0 Å². The van der Waals surface area contributed by atoms with Gasteiger partial charge in [0.05, 0.1) is 11.2 Å². The topological polar surface area (TPSA) is 37.8 Å². The van der Waals surface area contributed by atoms with E-state index in [2.05, 4.69) is 52.8 Å². The van der Waals surface area contributed by atoms with Crippen molar-refractivity contribution in [1.82, 2.24) is 15.3 Å². The zero-order chi connectivity index (χ0) is 14.8. The Kier molecular flexibility index (Phi) is 3.57. The highest BCUT2D eigenvalue weighted by Gasteiger charge is 2.16. The lowest BCUT2D eigenvalue weighted by molar-refractivity contribution is 0.455. The molecule has 0 aliphatic carbocycles. The summed E-state index contributed by atoms with van der Waals surface area (Å²) < 4.78 is 0. The Morgan fingerprint density at radius 2 is 2.05 bits per heavy atom. The Hall–Kier alpha value is -2.26. The quantitative estimate of drug-likeness (QED) is 0.780. The summed E-state index contributed by atoms with van der Waals surface area (Å²) in [6, 6.07) is 16.8. The molecule has 0 radical (unpaired) electrons. The third-order valence-corrected chi connectivity index (χ3v) is 4.38. The van der Waals surface area contributed by atoms with Crippen molar-refractivity contribution in [3.8, 4) is 11.3 Å². The molecule has 2 aromatic heterocycles. The number of nitrogens with zero attached hydrogens (tertiary/aromatic N) is 2. The van der Waals surface area contributed by atoms with Crippen LogP contribution in [0.15, 0.2) is 54.7 Å². The Labute approximate surface area is 130 Å². The lowest BCUT2D eigenvalue weighted by Gasteiger charge is -2.22. The smallest absolute Gasteiger partial charge is 0.0705 e. The van der Waals surface area contributed by atoms with Gasteiger partial charge in [0.2, 0.25) is 0 Å². The van der Waals surface area contributed by atoms with Gasteiger partial charge in [-0.15, -0.1) is 0 Å². The van der Waals surface area contributed by atoms with Crippen molar-refractivity contribution < 1.29 is 0 Å². The van der Waals surface area contributed by atoms with Crippen molar-refractivity contribution >= 4 is 10.9 Å². The van der Waals surface area contributed by atoms with Crippen LogP contribution in [0.2, 0.25) is 0 Å². The van der Waals surface area contributed by atoms with E-state index in [1.165, 1.54) is 18.5 Å². The van der Waals surface area contributed by atoms with Crippen LogP contribution in [0.1, 0.15) is 24.5 Å². The molecule has 0 amide bonds. The highest BCUT2D eigenvalue weighted by Crippen LogP contribution is 2.26. The molecule has 4 rings (SSSR count). The van der Waals surface area contributed by atoms with Gasteiger partial charge in [-0.1, -0.05) is 18.2 Å². The summed E-state index contributed by atoms with van der Waals surface area (Å²) in [6.07, 6.45) is 4.29. The number of hydrogen-bond acceptors (Lipinski definition) is 3. The minimum Gasteiger partial charge on any atom is -0.316 e. The van der Waals surface area contributed by atoms with Crippen molar-refractivity contribution in [3.63, 3.8) is 0 Å². The number of hydrogen-bond donors (Lipinski definition) is 1. The van der Waals surface area contributed by atoms with E-state index in [4.69, 9.17) is 4.98 Å². The first-order valence-electron chi connectivity index (χ1n) is 7.93. The fourth-order valence-corrected chi connectivity index (χ4v) is 3.18. The third kappa shape index (κ3) is 2.60. The SMILES string of the molecule is c1cc(-c2ccc3ncccc3c2)nc(C2CCCNC2)c1. The zero-order valence-electron chi connectivity index (χ0n) is 12.5. The average molecular weight is 289 g/mol. The summed E-state index contributed by atoms with van der Waals surface area (Å²) in [5.74, 6) is 0.538. The van der Waals surface area contributed by atoms with Crippen LogP contribution in [-0.4, -0.2) is 23.1 Å². The Morgan fingerprint density at radius 1 is 1.05 bits per heavy atom. The van der Waals surface area contributed by atoms with E-state index in [0.717, 1.165) is 35.2 Å². The molecule has 1 saturated heterocycles. The number of piperidine rings is 1. The van der Waals surface area contributed by atoms with Crippen molar-refractivity contribution in [2.24, 2.45) is 0 Å². The average Bonchev–Trinajstić information content (AvgIpc) is 2.62. The maximum absolute atomic E-state index is 4.91. The number of rotatable bonds is 2. The first-order valence-corrected chi connectivity index (χ1v) is 7.93. The van der Waals surface area contributed by atoms with Gasteiger partial charge in [-0.3, -0.25) is 9.97 Å². The van der Waals surface area contributed by atoms with E-state index in [0.29, 0.717) is 5.92 Å². The van der Waals surface area contributed by atoms with E-state index in [-0.39, 0.29) is 0 Å². The van der Waals surface area contributed by atoms with Crippen LogP contribution in [-0.2, 0) is 0 Å². The highest BCUT2D eigenvalue weighted by molar-refractivity contribution is 5.83. The summed E-state index contributed by atoms with van der Waals surface area (Å²) in [5.41, 5.74) is 4.44. The predicted octanol–water partition coefficient (Wildman–Crippen LogP) is 3.76. The maximum atomic E-state index is 4.91. The summed E-state index contributed by atoms with van der Waals surface area (Å²) >= 11 is 0. The molecule has 1 aliphatic heterocycles. The Morgan fingerprint density at radius 3 is 2.95 bits per heavy atom. The number of pyridine rings is 2. The van der Waals surface area contributed by atoms with Gasteiger partial charge in [0.1, 0.15) is 0 Å². The van der Waals surface area contributed by atoms with Gasteiger partial charge < -0.3 is 5.32 Å². The normalized spacial score (nSPS) is 18.5. The van der Waals surface area contributed by atoms with Gasteiger partial charge in [-0.25, -0.2) is 0 Å². The monoisotopic (exact) mass is 289 g/mol. The molecule has 0 saturated carbocycles. The Balaban J connectivity index is 1.71. The molecule has 3 nitrogen and oxygen atoms in total. The molecule has 0 spiro atoms. The summed E-state index contributed by atoms with van der Waals surface area (Å²) in [6.45, 7) is 2.17. The van der Waals surface area contributed by atoms with Gasteiger partial charge in [-0.05, 0) is 49.7 Å². The largest absolute Gasteiger partial charge is 0.316 e. The highest BCUT2D eigenvalue weighted by atomic mass is 14.9. The lowest BCUT2D eigenvalue weighted by Crippen LogP contribution is -2.28. The molecule has 0 bridgehead atoms. The molecule has 1 fully saturated rings. The maximum Gasteiger partial charge on any atom is 0.0705 e. The Bertz CT molecular complexity index is 791. The molecule has 1 aliphatic rings. The summed E-state index contributed by atoms with van der Waals surface area (Å²) in [7, 11) is 0. The second-order valence-electron chi connectivity index (χ2n) is 5.90. The first-order chi connectivity index (χ1) is 10.9. The minimum absolute atomic E-state index is 0.538. The van der Waals surface area contributed by atoms with Crippen LogP contribution >= 0.6 is 0 Å². The standard InChI is InChI=1S/C19H19N3/c1-6-18(22-19(7-1)16-5-2-10-20-13-16)15-8-9-17-14(12-15)4-3-11-21-17/h1,3-4,6-9,11-12,16,20H,2,5,10,13H2. The van der Waals surface area contributed by atoms with Crippen molar-refractivity contribution in [3.05, 3.63) is 60.4 Å². The first kappa shape index (κ1) is 13.4. The van der Waals surface area contributed by atoms with Gasteiger partial charge >= 0.3 is 0 Å². The molecule has 1 aromatic carbocycles. The van der Waals surface area contributed by atoms with Gasteiger partial charge in [0.15, 0.2) is 0 Å². The van der Waals surface area contributed by atoms with Crippen LogP contribution in [0.25, 0.3) is 22.2 Å². The molecule has 1 N–H and O–H groups in total. The fraction of sp³-hybridized carbons (Fsp3) is 0.263. The number of nitrogens with one attached hydrogen (secondary N) is 1. The molecular weight excluding hydrogens is 270 g/mol. The molecule has 3 heterocycles. The van der Waals surface area contributed by atoms with Gasteiger partial charge in [-0.2, -0.15) is 0 Å². The molecule has 1 atom stereocenters. The second-order valence-corrected chi connectivity index (χ2v) is 5.90.